The first kappa shape index (κ1) is 19.9. The fraction of sp³-hybridized carbons (Fsp3) is 0.600. The van der Waals surface area contributed by atoms with Gasteiger partial charge in [-0.3, -0.25) is 14.5 Å². The van der Waals surface area contributed by atoms with E-state index in [-0.39, 0.29) is 18.2 Å². The van der Waals surface area contributed by atoms with Crippen LogP contribution in [-0.4, -0.2) is 75.1 Å². The van der Waals surface area contributed by atoms with Crippen LogP contribution in [0.25, 0.3) is 0 Å². The molecule has 2 aliphatic rings. The van der Waals surface area contributed by atoms with E-state index in [1.54, 1.807) is 15.6 Å². The van der Waals surface area contributed by atoms with Gasteiger partial charge in [0.1, 0.15) is 11.5 Å². The highest BCUT2D eigenvalue weighted by Gasteiger charge is 2.32. The van der Waals surface area contributed by atoms with Gasteiger partial charge < -0.3 is 14.5 Å². The van der Waals surface area contributed by atoms with E-state index in [0.717, 1.165) is 37.2 Å². The molecule has 2 aromatic rings. The molecule has 2 aliphatic heterocycles. The SMILES string of the molecule is Cn1nnc2c1[C@@H](COCCN1CCCC1)CN(C(=O)Cc1ccc(F)cn1)C2. The van der Waals surface area contributed by atoms with Gasteiger partial charge in [-0.2, -0.15) is 0 Å². The molecule has 1 atom stereocenters. The van der Waals surface area contributed by atoms with E-state index in [2.05, 4.69) is 20.2 Å². The van der Waals surface area contributed by atoms with Gasteiger partial charge in [0.05, 0.1) is 38.1 Å². The summed E-state index contributed by atoms with van der Waals surface area (Å²) in [4.78, 5) is 21.0. The lowest BCUT2D eigenvalue weighted by atomic mass is 9.98. The fourth-order valence-corrected chi connectivity index (χ4v) is 4.14. The van der Waals surface area contributed by atoms with E-state index in [1.165, 1.54) is 18.9 Å². The Morgan fingerprint density at radius 2 is 2.14 bits per heavy atom. The molecule has 9 heteroatoms. The summed E-state index contributed by atoms with van der Waals surface area (Å²) >= 11 is 0. The number of amides is 1. The van der Waals surface area contributed by atoms with E-state index in [1.807, 2.05) is 7.05 Å². The number of aromatic nitrogens is 4. The van der Waals surface area contributed by atoms with Crippen LogP contribution in [-0.2, 0) is 29.5 Å². The van der Waals surface area contributed by atoms with Crippen LogP contribution in [0.1, 0.15) is 35.8 Å². The fourth-order valence-electron chi connectivity index (χ4n) is 4.14. The van der Waals surface area contributed by atoms with E-state index < -0.39 is 5.82 Å². The van der Waals surface area contributed by atoms with Gasteiger partial charge in [-0.05, 0) is 38.1 Å². The van der Waals surface area contributed by atoms with Gasteiger partial charge in [0, 0.05) is 31.7 Å². The zero-order chi connectivity index (χ0) is 20.2. The molecule has 1 amide bonds. The molecular formula is C20H27FN6O2. The first-order chi connectivity index (χ1) is 14.1. The number of nitrogens with zero attached hydrogens (tertiary/aromatic N) is 6. The second-order valence-corrected chi connectivity index (χ2v) is 7.78. The molecule has 1 fully saturated rings. The lowest BCUT2D eigenvalue weighted by Crippen LogP contribution is -2.41. The molecule has 8 nitrogen and oxygen atoms in total. The van der Waals surface area contributed by atoms with Crippen molar-refractivity contribution in [2.24, 2.45) is 7.05 Å². The topological polar surface area (TPSA) is 76.4 Å². The summed E-state index contributed by atoms with van der Waals surface area (Å²) in [5, 5.41) is 8.38. The Labute approximate surface area is 169 Å². The number of hydrogen-bond acceptors (Lipinski definition) is 6. The number of pyridine rings is 1. The van der Waals surface area contributed by atoms with Crippen LogP contribution < -0.4 is 0 Å². The average molecular weight is 402 g/mol. The van der Waals surface area contributed by atoms with Crippen LogP contribution in [0.5, 0.6) is 0 Å². The molecule has 0 spiro atoms. The van der Waals surface area contributed by atoms with Crippen LogP contribution in [0.4, 0.5) is 4.39 Å². The van der Waals surface area contributed by atoms with Gasteiger partial charge in [-0.25, -0.2) is 4.39 Å². The van der Waals surface area contributed by atoms with Crippen molar-refractivity contribution in [3.8, 4) is 0 Å². The van der Waals surface area contributed by atoms with Crippen molar-refractivity contribution < 1.29 is 13.9 Å². The van der Waals surface area contributed by atoms with Crippen molar-refractivity contribution in [2.75, 3.05) is 39.4 Å². The number of ether oxygens (including phenoxy) is 1. The Kier molecular flexibility index (Phi) is 6.15. The summed E-state index contributed by atoms with van der Waals surface area (Å²) < 4.78 is 20.8. The lowest BCUT2D eigenvalue weighted by molar-refractivity contribution is -0.132. The van der Waals surface area contributed by atoms with E-state index >= 15 is 0 Å². The third-order valence-corrected chi connectivity index (χ3v) is 5.66. The third kappa shape index (κ3) is 4.79. The van der Waals surface area contributed by atoms with Gasteiger partial charge in [-0.15, -0.1) is 5.10 Å². The molecule has 4 rings (SSSR count). The highest BCUT2D eigenvalue weighted by molar-refractivity contribution is 5.78. The molecule has 0 unspecified atom stereocenters. The smallest absolute Gasteiger partial charge is 0.228 e. The second kappa shape index (κ2) is 8.96. The molecule has 0 aliphatic carbocycles. The van der Waals surface area contributed by atoms with E-state index in [0.29, 0.717) is 32.0 Å². The number of carbonyl (C=O) groups excluding carboxylic acids is 1. The molecule has 156 valence electrons. The maximum atomic E-state index is 13.1. The maximum Gasteiger partial charge on any atom is 0.228 e. The van der Waals surface area contributed by atoms with Gasteiger partial charge in [0.15, 0.2) is 0 Å². The highest BCUT2D eigenvalue weighted by Crippen LogP contribution is 2.27. The van der Waals surface area contributed by atoms with E-state index in [9.17, 15) is 9.18 Å². The highest BCUT2D eigenvalue weighted by atomic mass is 19.1. The standard InChI is InChI=1S/C20H27FN6O2/c1-25-20-15(14-29-9-8-26-6-2-3-7-26)12-27(13-18(20)23-24-25)19(28)10-17-5-4-16(21)11-22-17/h4-5,11,15H,2-3,6-10,12-14H2,1H3/t15-/m1/s1. The Balaban J connectivity index is 1.37. The van der Waals surface area contributed by atoms with Crippen molar-refractivity contribution in [1.82, 2.24) is 29.8 Å². The molecule has 0 aromatic carbocycles. The van der Waals surface area contributed by atoms with Crippen LogP contribution in [0.15, 0.2) is 18.3 Å². The minimum Gasteiger partial charge on any atom is -0.379 e. The Morgan fingerprint density at radius 1 is 1.31 bits per heavy atom. The Hall–Kier alpha value is -2.39. The summed E-state index contributed by atoms with van der Waals surface area (Å²) in [7, 11) is 1.88. The van der Waals surface area contributed by atoms with E-state index in [4.69, 9.17) is 4.74 Å². The van der Waals surface area contributed by atoms with Crippen molar-refractivity contribution in [2.45, 2.75) is 31.7 Å². The van der Waals surface area contributed by atoms with Crippen LogP contribution in [0.2, 0.25) is 0 Å². The number of hydrogen-bond donors (Lipinski definition) is 0. The van der Waals surface area contributed by atoms with Gasteiger partial charge in [0.25, 0.3) is 0 Å². The maximum absolute atomic E-state index is 13.1. The normalized spacial score (nSPS) is 19.5. The van der Waals surface area contributed by atoms with Gasteiger partial charge in [-0.1, -0.05) is 5.21 Å². The van der Waals surface area contributed by atoms with Gasteiger partial charge in [0.2, 0.25) is 5.91 Å². The molecule has 0 radical (unpaired) electrons. The van der Waals surface area contributed by atoms with Crippen LogP contribution in [0.3, 0.4) is 0 Å². The summed E-state index contributed by atoms with van der Waals surface area (Å²) in [6.45, 7) is 5.45. The first-order valence-corrected chi connectivity index (χ1v) is 10.2. The first-order valence-electron chi connectivity index (χ1n) is 10.2. The predicted octanol–water partition coefficient (Wildman–Crippen LogP) is 1.13. The lowest BCUT2D eigenvalue weighted by Gasteiger charge is -2.32. The molecule has 0 bridgehead atoms. The zero-order valence-electron chi connectivity index (χ0n) is 16.8. The number of carbonyl (C=O) groups is 1. The van der Waals surface area contributed by atoms with Crippen molar-refractivity contribution in [3.63, 3.8) is 0 Å². The van der Waals surface area contributed by atoms with Crippen molar-refractivity contribution >= 4 is 5.91 Å². The van der Waals surface area contributed by atoms with Crippen LogP contribution in [0, 0.1) is 5.82 Å². The number of rotatable bonds is 7. The molecule has 0 N–H and O–H groups in total. The Bertz CT molecular complexity index is 834. The van der Waals surface area contributed by atoms with Crippen LogP contribution >= 0.6 is 0 Å². The predicted molar refractivity (Wildman–Crippen MR) is 104 cm³/mol. The number of aryl methyl sites for hydroxylation is 1. The van der Waals surface area contributed by atoms with Crippen molar-refractivity contribution in [3.05, 3.63) is 41.2 Å². The second-order valence-electron chi connectivity index (χ2n) is 7.78. The molecule has 2 aromatic heterocycles. The largest absolute Gasteiger partial charge is 0.379 e. The molecule has 1 saturated heterocycles. The molecular weight excluding hydrogens is 375 g/mol. The molecule has 29 heavy (non-hydrogen) atoms. The number of likely N-dealkylation sites (tertiary alicyclic amines) is 1. The summed E-state index contributed by atoms with van der Waals surface area (Å²) in [5.41, 5.74) is 2.40. The third-order valence-electron chi connectivity index (χ3n) is 5.66. The average Bonchev–Trinajstić information content (AvgIpc) is 3.37. The minimum atomic E-state index is -0.408. The quantitative estimate of drug-likeness (QED) is 0.647. The summed E-state index contributed by atoms with van der Waals surface area (Å²) in [6, 6.07) is 2.87. The number of halogens is 1. The summed E-state index contributed by atoms with van der Waals surface area (Å²) in [6.07, 6.45) is 3.81. The Morgan fingerprint density at radius 3 is 2.90 bits per heavy atom. The molecule has 0 saturated carbocycles. The molecule has 4 heterocycles. The summed E-state index contributed by atoms with van der Waals surface area (Å²) in [5.74, 6) is -0.431. The monoisotopic (exact) mass is 402 g/mol. The minimum absolute atomic E-state index is 0.0301. The number of fused-ring (bicyclic) bond motifs is 1. The van der Waals surface area contributed by atoms with Crippen molar-refractivity contribution in [1.29, 1.82) is 0 Å². The van der Waals surface area contributed by atoms with Gasteiger partial charge >= 0.3 is 0 Å². The zero-order valence-corrected chi connectivity index (χ0v) is 16.8.